The molecule has 1 aromatic carbocycles. The van der Waals surface area contributed by atoms with Crippen LogP contribution in [0.25, 0.3) is 16.6 Å². The average molecular weight is 304 g/mol. The summed E-state index contributed by atoms with van der Waals surface area (Å²) in [7, 11) is 0. The smallest absolute Gasteiger partial charge is 0.150 e. The van der Waals surface area contributed by atoms with Crippen LogP contribution >= 0.6 is 15.9 Å². The third kappa shape index (κ3) is 1.62. The minimum absolute atomic E-state index is 0.436. The van der Waals surface area contributed by atoms with E-state index in [1.807, 2.05) is 24.3 Å². The molecule has 18 heavy (non-hydrogen) atoms. The van der Waals surface area contributed by atoms with E-state index in [-0.39, 0.29) is 0 Å². The molecule has 5 nitrogen and oxygen atoms in total. The third-order valence-corrected chi connectivity index (χ3v) is 3.24. The predicted octanol–water partition coefficient (Wildman–Crippen LogP) is 2.35. The number of halogens is 1. The first kappa shape index (κ1) is 11.0. The predicted molar refractivity (Wildman–Crippen MR) is 75.4 cm³/mol. The molecule has 0 bridgehead atoms. The maximum atomic E-state index is 5.90. The topological polar surface area (TPSA) is 82.8 Å². The number of aromatic nitrogens is 3. The lowest BCUT2D eigenvalue weighted by atomic mass is 10.2. The average Bonchev–Trinajstić information content (AvgIpc) is 2.69. The van der Waals surface area contributed by atoms with E-state index in [0.717, 1.165) is 21.1 Å². The minimum atomic E-state index is 0.436. The molecule has 0 amide bonds. The second-order valence-electron chi connectivity index (χ2n) is 3.89. The highest BCUT2D eigenvalue weighted by Gasteiger charge is 2.10. The van der Waals surface area contributed by atoms with Gasteiger partial charge in [0.05, 0.1) is 23.1 Å². The number of pyridine rings is 1. The van der Waals surface area contributed by atoms with Crippen LogP contribution < -0.4 is 11.5 Å². The van der Waals surface area contributed by atoms with Crippen molar-refractivity contribution in [3.8, 4) is 5.69 Å². The van der Waals surface area contributed by atoms with Gasteiger partial charge in [-0.05, 0) is 24.3 Å². The quantitative estimate of drug-likeness (QED) is 0.723. The number of hydrogen-bond donors (Lipinski definition) is 2. The molecule has 4 N–H and O–H groups in total. The molecular formula is C12H10BrN5. The fourth-order valence-corrected chi connectivity index (χ4v) is 2.20. The number of fused-ring (bicyclic) bond motifs is 1. The van der Waals surface area contributed by atoms with Gasteiger partial charge >= 0.3 is 0 Å². The zero-order chi connectivity index (χ0) is 12.7. The van der Waals surface area contributed by atoms with Crippen molar-refractivity contribution in [3.05, 3.63) is 41.1 Å². The van der Waals surface area contributed by atoms with Gasteiger partial charge in [0, 0.05) is 16.1 Å². The third-order valence-electron chi connectivity index (χ3n) is 2.75. The van der Waals surface area contributed by atoms with E-state index in [0.29, 0.717) is 11.5 Å². The minimum Gasteiger partial charge on any atom is -0.394 e. The number of rotatable bonds is 1. The van der Waals surface area contributed by atoms with Crippen LogP contribution in [0.15, 0.2) is 41.1 Å². The molecular weight excluding hydrogens is 294 g/mol. The number of benzene rings is 1. The first-order valence-electron chi connectivity index (χ1n) is 5.30. The fraction of sp³-hybridized carbons (Fsp3) is 0. The van der Waals surface area contributed by atoms with Gasteiger partial charge in [0.2, 0.25) is 0 Å². The first-order chi connectivity index (χ1) is 8.66. The van der Waals surface area contributed by atoms with Crippen LogP contribution in [0.3, 0.4) is 0 Å². The van der Waals surface area contributed by atoms with Crippen molar-refractivity contribution >= 4 is 38.3 Å². The zero-order valence-corrected chi connectivity index (χ0v) is 10.9. The van der Waals surface area contributed by atoms with Crippen LogP contribution in [0.4, 0.5) is 11.5 Å². The summed E-state index contributed by atoms with van der Waals surface area (Å²) in [6, 6.07) is 7.73. The lowest BCUT2D eigenvalue weighted by Crippen LogP contribution is -2.04. The van der Waals surface area contributed by atoms with Crippen molar-refractivity contribution in [1.82, 2.24) is 14.8 Å². The van der Waals surface area contributed by atoms with Crippen LogP contribution in [0.5, 0.6) is 0 Å². The van der Waals surface area contributed by atoms with Gasteiger partial charge in [-0.3, -0.25) is 4.98 Å². The molecule has 0 fully saturated rings. The van der Waals surface area contributed by atoms with E-state index in [2.05, 4.69) is 26.0 Å². The Morgan fingerprint density at radius 1 is 1.17 bits per heavy atom. The monoisotopic (exact) mass is 303 g/mol. The van der Waals surface area contributed by atoms with Crippen molar-refractivity contribution in [2.45, 2.75) is 0 Å². The Hall–Kier alpha value is -2.08. The van der Waals surface area contributed by atoms with E-state index in [4.69, 9.17) is 11.5 Å². The maximum Gasteiger partial charge on any atom is 0.150 e. The molecule has 2 aromatic heterocycles. The van der Waals surface area contributed by atoms with Crippen molar-refractivity contribution in [3.63, 3.8) is 0 Å². The van der Waals surface area contributed by atoms with Crippen LogP contribution in [0.1, 0.15) is 0 Å². The van der Waals surface area contributed by atoms with Crippen LogP contribution in [0.2, 0.25) is 0 Å². The summed E-state index contributed by atoms with van der Waals surface area (Å²) in [5.41, 5.74) is 13.8. The van der Waals surface area contributed by atoms with Crippen LogP contribution in [-0.4, -0.2) is 14.8 Å². The normalized spacial score (nSPS) is 10.9. The number of nitrogen functional groups attached to an aromatic ring is 2. The Labute approximate surface area is 112 Å². The summed E-state index contributed by atoms with van der Waals surface area (Å²) in [6.07, 6.45) is 3.27. The van der Waals surface area contributed by atoms with E-state index in [1.165, 1.54) is 0 Å². The number of anilines is 2. The second-order valence-corrected chi connectivity index (χ2v) is 4.80. The Bertz CT molecular complexity index is 734. The van der Waals surface area contributed by atoms with E-state index < -0.39 is 0 Å². The van der Waals surface area contributed by atoms with Gasteiger partial charge in [0.1, 0.15) is 0 Å². The highest BCUT2D eigenvalue weighted by molar-refractivity contribution is 9.10. The molecule has 0 spiro atoms. The standard InChI is InChI=1S/C12H10BrN5/c13-7-1-2-8-10(5-7)16-4-3-11(8)18-12(15)9(14)6-17-18/h1-6H,14-15H2. The summed E-state index contributed by atoms with van der Waals surface area (Å²) in [5, 5.41) is 5.15. The lowest BCUT2D eigenvalue weighted by molar-refractivity contribution is 0.897. The Kier molecular flexibility index (Phi) is 2.45. The molecule has 0 aliphatic carbocycles. The molecule has 2 heterocycles. The van der Waals surface area contributed by atoms with Gasteiger partial charge < -0.3 is 11.5 Å². The Morgan fingerprint density at radius 3 is 2.72 bits per heavy atom. The fourth-order valence-electron chi connectivity index (χ4n) is 1.85. The Balaban J connectivity index is 2.33. The number of nitrogens with zero attached hydrogens (tertiary/aromatic N) is 3. The SMILES string of the molecule is Nc1cnn(-c2ccnc3cc(Br)ccc23)c1N. The highest BCUT2D eigenvalue weighted by Crippen LogP contribution is 2.26. The molecule has 0 atom stereocenters. The molecule has 0 unspecified atom stereocenters. The molecule has 90 valence electrons. The molecule has 3 aromatic rings. The first-order valence-corrected chi connectivity index (χ1v) is 6.10. The zero-order valence-electron chi connectivity index (χ0n) is 9.34. The van der Waals surface area contributed by atoms with Crippen LogP contribution in [-0.2, 0) is 0 Å². The Morgan fingerprint density at radius 2 is 2.00 bits per heavy atom. The van der Waals surface area contributed by atoms with Crippen LogP contribution in [0, 0.1) is 0 Å². The van der Waals surface area contributed by atoms with Gasteiger partial charge in [0.25, 0.3) is 0 Å². The number of hydrogen-bond acceptors (Lipinski definition) is 4. The van der Waals surface area contributed by atoms with E-state index >= 15 is 0 Å². The molecule has 3 rings (SSSR count). The molecule has 0 saturated carbocycles. The van der Waals surface area contributed by atoms with Crippen molar-refractivity contribution < 1.29 is 0 Å². The van der Waals surface area contributed by atoms with Crippen molar-refractivity contribution in [1.29, 1.82) is 0 Å². The van der Waals surface area contributed by atoms with Gasteiger partial charge in [0.15, 0.2) is 5.82 Å². The molecule has 0 aliphatic heterocycles. The summed E-state index contributed by atoms with van der Waals surface area (Å²) in [4.78, 5) is 4.32. The van der Waals surface area contributed by atoms with Gasteiger partial charge in [-0.1, -0.05) is 15.9 Å². The van der Waals surface area contributed by atoms with Crippen molar-refractivity contribution in [2.24, 2.45) is 0 Å². The maximum absolute atomic E-state index is 5.90. The summed E-state index contributed by atoms with van der Waals surface area (Å²) in [6.45, 7) is 0. The summed E-state index contributed by atoms with van der Waals surface area (Å²) < 4.78 is 2.60. The van der Waals surface area contributed by atoms with E-state index in [9.17, 15) is 0 Å². The molecule has 0 radical (unpaired) electrons. The lowest BCUT2D eigenvalue weighted by Gasteiger charge is -2.08. The summed E-state index contributed by atoms with van der Waals surface area (Å²) >= 11 is 3.42. The van der Waals surface area contributed by atoms with Gasteiger partial charge in [-0.25, -0.2) is 4.68 Å². The molecule has 6 heteroatoms. The summed E-state index contributed by atoms with van der Waals surface area (Å²) in [5.74, 6) is 0.436. The highest BCUT2D eigenvalue weighted by atomic mass is 79.9. The van der Waals surface area contributed by atoms with E-state index in [1.54, 1.807) is 17.1 Å². The molecule has 0 saturated heterocycles. The second kappa shape index (κ2) is 3.99. The van der Waals surface area contributed by atoms with Gasteiger partial charge in [-0.2, -0.15) is 5.10 Å². The molecule has 0 aliphatic rings. The number of nitrogens with two attached hydrogens (primary N) is 2. The van der Waals surface area contributed by atoms with Gasteiger partial charge in [-0.15, -0.1) is 0 Å². The van der Waals surface area contributed by atoms with Crippen molar-refractivity contribution in [2.75, 3.05) is 11.5 Å². The largest absolute Gasteiger partial charge is 0.394 e.